The number of H-pyrrole nitrogens is 1. The topological polar surface area (TPSA) is 158 Å². The lowest BCUT2D eigenvalue weighted by molar-refractivity contribution is -0.145. The molecule has 1 aliphatic heterocycles. The largest absolute Gasteiger partial charge is 0.465 e. The zero-order chi connectivity index (χ0) is 26.6. The molecule has 12 nitrogen and oxygen atoms in total. The molecule has 37 heavy (non-hydrogen) atoms. The molecule has 1 saturated heterocycles. The number of unbranched alkanes of at least 4 members (excludes halogenated alkanes) is 1. The molecule has 2 heterocycles. The van der Waals surface area contributed by atoms with Gasteiger partial charge in [0.1, 0.15) is 24.1 Å². The Morgan fingerprint density at radius 1 is 1.30 bits per heavy atom. The predicted octanol–water partition coefficient (Wildman–Crippen LogP) is 2.10. The van der Waals surface area contributed by atoms with E-state index in [1.807, 2.05) is 6.92 Å². The third kappa shape index (κ3) is 6.22. The summed E-state index contributed by atoms with van der Waals surface area (Å²) >= 11 is 0. The van der Waals surface area contributed by atoms with Gasteiger partial charge in [0.15, 0.2) is 0 Å². The minimum atomic E-state index is -4.16. The van der Waals surface area contributed by atoms with Crippen LogP contribution in [0.2, 0.25) is 0 Å². The molecule has 0 bridgehead atoms. The van der Waals surface area contributed by atoms with Crippen LogP contribution in [0.4, 0.5) is 0 Å². The molecule has 1 unspecified atom stereocenters. The normalized spacial score (nSPS) is 24.4. The van der Waals surface area contributed by atoms with Crippen LogP contribution in [0.3, 0.4) is 0 Å². The van der Waals surface area contributed by atoms with Crippen LogP contribution in [-0.2, 0) is 23.4 Å². The number of rotatable bonds is 12. The second kappa shape index (κ2) is 11.3. The van der Waals surface area contributed by atoms with Gasteiger partial charge in [-0.3, -0.25) is 23.7 Å². The molecule has 1 spiro atoms. The fourth-order valence-corrected chi connectivity index (χ4v) is 5.78. The summed E-state index contributed by atoms with van der Waals surface area (Å²) in [6.45, 7) is 3.33. The Hall–Kier alpha value is -2.76. The number of hydrogen-bond donors (Lipinski definition) is 3. The Morgan fingerprint density at radius 2 is 2.03 bits per heavy atom. The number of aromatic amines is 1. The van der Waals surface area contributed by atoms with Gasteiger partial charge in [0.25, 0.3) is 5.56 Å². The molecule has 0 amide bonds. The van der Waals surface area contributed by atoms with E-state index in [4.69, 9.17) is 18.5 Å². The second-order valence-corrected chi connectivity index (χ2v) is 11.0. The minimum Gasteiger partial charge on any atom is -0.465 e. The van der Waals surface area contributed by atoms with Crippen molar-refractivity contribution in [1.82, 2.24) is 14.6 Å². The molecule has 2 aromatic rings. The number of benzene rings is 1. The molecule has 202 valence electrons. The highest BCUT2D eigenvalue weighted by Crippen LogP contribution is 2.62. The first-order valence-electron chi connectivity index (χ1n) is 12.3. The highest BCUT2D eigenvalue weighted by Gasteiger charge is 2.64. The molecule has 1 saturated carbocycles. The zero-order valence-corrected chi connectivity index (χ0v) is 21.6. The van der Waals surface area contributed by atoms with Crippen molar-refractivity contribution in [3.63, 3.8) is 0 Å². The number of esters is 1. The summed E-state index contributed by atoms with van der Waals surface area (Å²) in [5, 5.41) is 13.6. The van der Waals surface area contributed by atoms with Gasteiger partial charge in [-0.05, 0) is 38.3 Å². The van der Waals surface area contributed by atoms with Crippen molar-refractivity contribution in [3.8, 4) is 5.75 Å². The summed E-state index contributed by atoms with van der Waals surface area (Å²) in [7, 11) is -4.16. The second-order valence-electron chi connectivity index (χ2n) is 9.29. The number of aromatic nitrogens is 2. The zero-order valence-electron chi connectivity index (χ0n) is 20.7. The van der Waals surface area contributed by atoms with Crippen molar-refractivity contribution in [2.75, 3.05) is 13.2 Å². The third-order valence-corrected chi connectivity index (χ3v) is 8.14. The maximum atomic E-state index is 13.7. The molecule has 1 aliphatic carbocycles. The quantitative estimate of drug-likeness (QED) is 0.208. The Morgan fingerprint density at radius 3 is 2.68 bits per heavy atom. The SMILES string of the molecule is CCCCOC(=O)[C@@H](C)NP(=O)(OC[C@H]1O[C@@H](n2ccc(=O)[nH]c2=O)C2(CC2)[C@@H]1O)Oc1ccccc1. The van der Waals surface area contributed by atoms with E-state index in [0.717, 1.165) is 6.42 Å². The van der Waals surface area contributed by atoms with Crippen LogP contribution in [0.25, 0.3) is 0 Å². The van der Waals surface area contributed by atoms with Crippen LogP contribution >= 0.6 is 7.75 Å². The first kappa shape index (κ1) is 27.3. The van der Waals surface area contributed by atoms with Gasteiger partial charge in [-0.1, -0.05) is 31.5 Å². The number of nitrogens with zero attached hydrogens (tertiary/aromatic N) is 1. The highest BCUT2D eigenvalue weighted by molar-refractivity contribution is 7.52. The highest BCUT2D eigenvalue weighted by atomic mass is 31.2. The summed E-state index contributed by atoms with van der Waals surface area (Å²) in [5.41, 5.74) is -1.94. The number of carbonyl (C=O) groups is 1. The van der Waals surface area contributed by atoms with Gasteiger partial charge in [0.05, 0.1) is 19.3 Å². The number of carbonyl (C=O) groups excluding carboxylic acids is 1. The predicted molar refractivity (Wildman–Crippen MR) is 132 cm³/mol. The van der Waals surface area contributed by atoms with E-state index in [9.17, 15) is 24.1 Å². The number of aliphatic hydroxyl groups is 1. The Kier molecular flexibility index (Phi) is 8.35. The maximum absolute atomic E-state index is 13.7. The first-order chi connectivity index (χ1) is 17.7. The first-order valence-corrected chi connectivity index (χ1v) is 13.8. The van der Waals surface area contributed by atoms with Crippen molar-refractivity contribution in [2.24, 2.45) is 5.41 Å². The Bertz CT molecular complexity index is 1240. The van der Waals surface area contributed by atoms with Crippen LogP contribution in [0.15, 0.2) is 52.2 Å². The van der Waals surface area contributed by atoms with E-state index in [1.165, 1.54) is 23.8 Å². The van der Waals surface area contributed by atoms with Gasteiger partial charge in [0, 0.05) is 17.7 Å². The van der Waals surface area contributed by atoms with Crippen LogP contribution in [0.5, 0.6) is 5.75 Å². The molecule has 4 rings (SSSR count). The smallest absolute Gasteiger partial charge is 0.459 e. The minimum absolute atomic E-state index is 0.238. The van der Waals surface area contributed by atoms with Crippen molar-refractivity contribution in [3.05, 3.63) is 63.4 Å². The molecule has 0 radical (unpaired) electrons. The molecule has 1 aromatic carbocycles. The van der Waals surface area contributed by atoms with Gasteiger partial charge in [-0.15, -0.1) is 0 Å². The molecule has 13 heteroatoms. The van der Waals surface area contributed by atoms with E-state index in [0.29, 0.717) is 19.3 Å². The van der Waals surface area contributed by atoms with Crippen LogP contribution in [0.1, 0.15) is 45.8 Å². The molecular formula is C24H32N3O9P. The number of aliphatic hydroxyl groups excluding tert-OH is 1. The van der Waals surface area contributed by atoms with E-state index >= 15 is 0 Å². The van der Waals surface area contributed by atoms with Gasteiger partial charge in [-0.25, -0.2) is 9.36 Å². The number of ether oxygens (including phenoxy) is 2. The van der Waals surface area contributed by atoms with E-state index in [2.05, 4.69) is 10.1 Å². The van der Waals surface area contributed by atoms with Gasteiger partial charge >= 0.3 is 19.4 Å². The van der Waals surface area contributed by atoms with Gasteiger partial charge in [0.2, 0.25) is 0 Å². The number of nitrogens with one attached hydrogen (secondary N) is 2. The average Bonchev–Trinajstić information content (AvgIpc) is 3.62. The monoisotopic (exact) mass is 537 g/mol. The van der Waals surface area contributed by atoms with Crippen molar-refractivity contribution in [2.45, 2.75) is 64.0 Å². The van der Waals surface area contributed by atoms with Gasteiger partial charge in [-0.2, -0.15) is 5.09 Å². The molecule has 2 fully saturated rings. The third-order valence-electron chi connectivity index (χ3n) is 6.49. The summed E-state index contributed by atoms with van der Waals surface area (Å²) < 4.78 is 37.4. The maximum Gasteiger partial charge on any atom is 0.459 e. The molecule has 2 aliphatic rings. The van der Waals surface area contributed by atoms with E-state index in [1.54, 1.807) is 30.3 Å². The Labute approximate surface area is 213 Å². The molecule has 3 N–H and O–H groups in total. The van der Waals surface area contributed by atoms with Crippen molar-refractivity contribution >= 4 is 13.7 Å². The van der Waals surface area contributed by atoms with Crippen molar-refractivity contribution in [1.29, 1.82) is 0 Å². The van der Waals surface area contributed by atoms with Crippen molar-refractivity contribution < 1.29 is 33.0 Å². The standard InChI is InChI=1S/C24H32N3O9P/c1-3-4-14-33-21(30)16(2)26-37(32,36-17-8-6-5-7-9-17)34-15-18-20(29)24(11-12-24)22(35-18)27-13-10-19(28)25-23(27)31/h5-10,13,16,18,20,22,29H,3-4,11-12,14-15H2,1-2H3,(H,26,32)(H,25,28,31)/t16-,18-,20-,22-,37?/m1/s1. The van der Waals surface area contributed by atoms with Crippen LogP contribution < -0.4 is 20.9 Å². The molecule has 5 atom stereocenters. The summed E-state index contributed by atoms with van der Waals surface area (Å²) in [6.07, 6.45) is 1.24. The summed E-state index contributed by atoms with van der Waals surface area (Å²) in [5.74, 6) is -0.366. The van der Waals surface area contributed by atoms with E-state index < -0.39 is 54.9 Å². The lowest BCUT2D eigenvalue weighted by atomic mass is 9.96. The molecule has 1 aromatic heterocycles. The molecular weight excluding hydrogens is 505 g/mol. The lowest BCUT2D eigenvalue weighted by Crippen LogP contribution is -2.37. The fraction of sp³-hybridized carbons (Fsp3) is 0.542. The van der Waals surface area contributed by atoms with Crippen LogP contribution in [0, 0.1) is 5.41 Å². The van der Waals surface area contributed by atoms with Gasteiger partial charge < -0.3 is 19.1 Å². The fourth-order valence-electron chi connectivity index (χ4n) is 4.28. The summed E-state index contributed by atoms with van der Waals surface area (Å²) in [6, 6.07) is 8.50. The average molecular weight is 538 g/mol. The summed E-state index contributed by atoms with van der Waals surface area (Å²) in [4.78, 5) is 38.4. The lowest BCUT2D eigenvalue weighted by Gasteiger charge is -2.24. The number of hydrogen-bond acceptors (Lipinski definition) is 9. The Balaban J connectivity index is 1.48. The number of para-hydroxylation sites is 1. The van der Waals surface area contributed by atoms with E-state index in [-0.39, 0.29) is 19.0 Å². The van der Waals surface area contributed by atoms with Crippen LogP contribution in [-0.4, -0.2) is 52.1 Å².